The van der Waals surface area contributed by atoms with Crippen LogP contribution in [-0.2, 0) is 14.2 Å². The number of urea groups is 1. The Morgan fingerprint density at radius 1 is 1.05 bits per heavy atom. The summed E-state index contributed by atoms with van der Waals surface area (Å²) in [6, 6.07) is 7.89. The Balaban J connectivity index is 2.78. The van der Waals surface area contributed by atoms with Crippen molar-refractivity contribution in [3.05, 3.63) is 94.3 Å². The van der Waals surface area contributed by atoms with Gasteiger partial charge in [-0.3, -0.25) is 0 Å². The van der Waals surface area contributed by atoms with Gasteiger partial charge in [-0.05, 0) is 67.5 Å². The molecule has 0 aromatic heterocycles. The average Bonchev–Trinajstić information content (AvgIpc) is 2.92. The molecule has 1 rings (SSSR count). The van der Waals surface area contributed by atoms with Crippen molar-refractivity contribution in [2.75, 3.05) is 41.0 Å². The second-order valence-corrected chi connectivity index (χ2v) is 8.63. The summed E-state index contributed by atoms with van der Waals surface area (Å²) in [5, 5.41) is 11.5. The van der Waals surface area contributed by atoms with Crippen LogP contribution in [0.25, 0.3) is 12.2 Å². The molecule has 1 aromatic carbocycles. The summed E-state index contributed by atoms with van der Waals surface area (Å²) >= 11 is 0. The number of allylic oxidation sites excluding steroid dienone is 2. The minimum atomic E-state index is -0.317. The van der Waals surface area contributed by atoms with Gasteiger partial charge >= 0.3 is 6.03 Å². The molecule has 0 aliphatic heterocycles. The molecule has 0 aliphatic rings. The maximum absolute atomic E-state index is 12.7. The van der Waals surface area contributed by atoms with Crippen LogP contribution < -0.4 is 26.4 Å². The minimum Gasteiger partial charge on any atom is -0.498 e. The third-order valence-electron chi connectivity index (χ3n) is 5.68. The van der Waals surface area contributed by atoms with Gasteiger partial charge in [0.2, 0.25) is 0 Å². The number of carbonyl (C=O) groups is 1. The molecule has 7 nitrogen and oxygen atoms in total. The maximum Gasteiger partial charge on any atom is 0.319 e. The van der Waals surface area contributed by atoms with E-state index in [0.29, 0.717) is 24.5 Å². The molecule has 0 aliphatic carbocycles. The Morgan fingerprint density at radius 2 is 1.76 bits per heavy atom. The predicted molar refractivity (Wildman–Crippen MR) is 158 cm³/mol. The van der Waals surface area contributed by atoms with Gasteiger partial charge in [-0.15, -0.1) is 0 Å². The van der Waals surface area contributed by atoms with Gasteiger partial charge in [0.1, 0.15) is 11.9 Å². The summed E-state index contributed by atoms with van der Waals surface area (Å²) in [4.78, 5) is 12.7. The highest BCUT2D eigenvalue weighted by Gasteiger charge is 2.11. The van der Waals surface area contributed by atoms with Gasteiger partial charge in [0.15, 0.2) is 0 Å². The molecule has 1 aromatic rings. The zero-order valence-corrected chi connectivity index (χ0v) is 24.0. The van der Waals surface area contributed by atoms with E-state index in [-0.39, 0.29) is 24.8 Å². The minimum absolute atomic E-state index is 0.132. The molecule has 0 heterocycles. The van der Waals surface area contributed by atoms with Crippen molar-refractivity contribution < 1.29 is 19.0 Å². The van der Waals surface area contributed by atoms with E-state index in [1.165, 1.54) is 5.22 Å². The number of ether oxygens (including phenoxy) is 3. The molecule has 3 N–H and O–H groups in total. The number of rotatable bonds is 15. The normalized spacial score (nSPS) is 15.5. The van der Waals surface area contributed by atoms with E-state index in [0.717, 1.165) is 16.4 Å². The van der Waals surface area contributed by atoms with Crippen LogP contribution in [0.3, 0.4) is 0 Å². The van der Waals surface area contributed by atoms with Crippen molar-refractivity contribution >= 4 is 18.2 Å². The Morgan fingerprint density at radius 3 is 2.37 bits per heavy atom. The smallest absolute Gasteiger partial charge is 0.319 e. The average molecular weight is 524 g/mol. The van der Waals surface area contributed by atoms with Crippen LogP contribution in [0.1, 0.15) is 27.7 Å². The molecule has 2 unspecified atom stereocenters. The molecule has 2 amide bonds. The van der Waals surface area contributed by atoms with Crippen molar-refractivity contribution in [2.24, 2.45) is 0 Å². The third-order valence-corrected chi connectivity index (χ3v) is 5.68. The third kappa shape index (κ3) is 12.7. The van der Waals surface area contributed by atoms with Gasteiger partial charge in [0, 0.05) is 39.6 Å². The van der Waals surface area contributed by atoms with Crippen LogP contribution in [0.4, 0.5) is 4.79 Å². The first-order valence-electron chi connectivity index (χ1n) is 12.8. The number of amides is 2. The summed E-state index contributed by atoms with van der Waals surface area (Å²) in [7, 11) is 4.85. The van der Waals surface area contributed by atoms with Gasteiger partial charge < -0.3 is 30.2 Å². The zero-order chi connectivity index (χ0) is 28.3. The van der Waals surface area contributed by atoms with Gasteiger partial charge in [-0.2, -0.15) is 0 Å². The van der Waals surface area contributed by atoms with E-state index in [4.69, 9.17) is 14.2 Å². The fourth-order valence-electron chi connectivity index (χ4n) is 3.46. The molecule has 208 valence electrons. The lowest BCUT2D eigenvalue weighted by molar-refractivity contribution is 0.0914. The second-order valence-electron chi connectivity index (χ2n) is 8.63. The highest BCUT2D eigenvalue weighted by atomic mass is 16.5. The first-order chi connectivity index (χ1) is 18.3. The summed E-state index contributed by atoms with van der Waals surface area (Å²) in [5.41, 5.74) is 2.50. The number of benzene rings is 1. The molecule has 0 saturated carbocycles. The number of methoxy groups -OCH3 is 3. The quantitative estimate of drug-likeness (QED) is 0.186. The standard InChI is InChI=1S/C31H45N3O4/c1-9-13-29(16-17-32-21-23(3)18-28-15-12-11-14-27(28)10-2)34-31(35)33-22-26(19-24(4)36-6)20-30(38-8)25(5)37-7/h9-16,18-20,24-25,32H,3,17,21-22H2,1-2,4-8H3,(H2,33,34,35)/b13-9-,26-19+,27-10-,28-18-,29-16+,30-20+. The maximum atomic E-state index is 12.7. The van der Waals surface area contributed by atoms with Crippen molar-refractivity contribution in [1.82, 2.24) is 16.0 Å². The molecule has 7 heteroatoms. The lowest BCUT2D eigenvalue weighted by atomic mass is 10.1. The molecule has 2 atom stereocenters. The van der Waals surface area contributed by atoms with Crippen LogP contribution in [0.15, 0.2) is 83.8 Å². The van der Waals surface area contributed by atoms with Gasteiger partial charge in [-0.1, -0.05) is 55.1 Å². The van der Waals surface area contributed by atoms with Gasteiger partial charge in [-0.25, -0.2) is 4.79 Å². The Bertz CT molecular complexity index is 1130. The van der Waals surface area contributed by atoms with E-state index in [2.05, 4.69) is 46.8 Å². The fourth-order valence-corrected chi connectivity index (χ4v) is 3.46. The fraction of sp³-hybridized carbons (Fsp3) is 0.387. The largest absolute Gasteiger partial charge is 0.498 e. The number of hydrogen-bond donors (Lipinski definition) is 3. The van der Waals surface area contributed by atoms with E-state index < -0.39 is 0 Å². The number of carbonyl (C=O) groups excluding carboxylic acids is 1. The molecule has 38 heavy (non-hydrogen) atoms. The molecule has 0 saturated heterocycles. The number of hydrogen-bond acceptors (Lipinski definition) is 5. The summed E-state index contributed by atoms with van der Waals surface area (Å²) in [6.45, 7) is 13.4. The monoisotopic (exact) mass is 523 g/mol. The van der Waals surface area contributed by atoms with Crippen LogP contribution >= 0.6 is 0 Å². The highest BCUT2D eigenvalue weighted by molar-refractivity contribution is 5.76. The molecule has 0 spiro atoms. The Labute approximate surface area is 228 Å². The molecular formula is C31H45N3O4. The number of nitrogens with one attached hydrogen (secondary N) is 3. The lowest BCUT2D eigenvalue weighted by Crippen LogP contribution is -2.36. The Hall–Kier alpha value is -3.39. The molecule has 0 fully saturated rings. The zero-order valence-electron chi connectivity index (χ0n) is 24.0. The molecular weight excluding hydrogens is 478 g/mol. The first-order valence-corrected chi connectivity index (χ1v) is 12.8. The van der Waals surface area contributed by atoms with Crippen molar-refractivity contribution in [1.29, 1.82) is 0 Å². The van der Waals surface area contributed by atoms with E-state index >= 15 is 0 Å². The van der Waals surface area contributed by atoms with Crippen LogP contribution in [0, 0.1) is 0 Å². The molecule has 0 radical (unpaired) electrons. The van der Waals surface area contributed by atoms with E-state index in [1.54, 1.807) is 21.3 Å². The van der Waals surface area contributed by atoms with Crippen LogP contribution in [0.5, 0.6) is 0 Å². The van der Waals surface area contributed by atoms with Crippen molar-refractivity contribution in [3.63, 3.8) is 0 Å². The summed E-state index contributed by atoms with van der Waals surface area (Å²) in [6.07, 6.45) is 13.2. The van der Waals surface area contributed by atoms with Crippen LogP contribution in [0.2, 0.25) is 0 Å². The van der Waals surface area contributed by atoms with Gasteiger partial charge in [0.25, 0.3) is 0 Å². The Kier molecular flexibility index (Phi) is 16.1. The molecule has 0 bridgehead atoms. The second kappa shape index (κ2) is 18.8. The topological polar surface area (TPSA) is 80.9 Å². The van der Waals surface area contributed by atoms with Gasteiger partial charge in [0.05, 0.1) is 13.2 Å². The summed E-state index contributed by atoms with van der Waals surface area (Å²) < 4.78 is 16.2. The highest BCUT2D eigenvalue weighted by Crippen LogP contribution is 2.11. The lowest BCUT2D eigenvalue weighted by Gasteiger charge is -2.16. The SMILES string of the molecule is C=C(/C=c1/cccc/c1=C/C)CNC/C=C(\C=C/C)NC(=O)NCC(=C/C(C)OC)/C=C(/OC)C(C)OC. The van der Waals surface area contributed by atoms with Crippen LogP contribution in [-0.4, -0.2) is 59.2 Å². The van der Waals surface area contributed by atoms with E-state index in [9.17, 15) is 4.79 Å². The predicted octanol–water partition coefficient (Wildman–Crippen LogP) is 3.70. The summed E-state index contributed by atoms with van der Waals surface area (Å²) in [5.74, 6) is 0.653. The van der Waals surface area contributed by atoms with E-state index in [1.807, 2.05) is 70.2 Å². The van der Waals surface area contributed by atoms with Crippen molar-refractivity contribution in [3.8, 4) is 0 Å². The van der Waals surface area contributed by atoms with Crippen molar-refractivity contribution in [2.45, 2.75) is 39.9 Å². The first kappa shape index (κ1) is 32.6.